The molecule has 7 heteroatoms. The van der Waals surface area contributed by atoms with Crippen LogP contribution in [0.1, 0.15) is 12.8 Å². The van der Waals surface area contributed by atoms with Crippen LogP contribution in [0.4, 0.5) is 5.82 Å². The summed E-state index contributed by atoms with van der Waals surface area (Å²) in [6.45, 7) is 2.11. The van der Waals surface area contributed by atoms with E-state index in [2.05, 4.69) is 15.3 Å². The maximum absolute atomic E-state index is 11.5. The molecule has 0 saturated carbocycles. The number of nitrogens with one attached hydrogen (secondary N) is 2. The van der Waals surface area contributed by atoms with Crippen molar-refractivity contribution >= 4 is 17.4 Å². The summed E-state index contributed by atoms with van der Waals surface area (Å²) in [4.78, 5) is 19.8. The van der Waals surface area contributed by atoms with E-state index in [1.54, 1.807) is 0 Å². The molecule has 0 amide bonds. The van der Waals surface area contributed by atoms with Gasteiger partial charge in [-0.25, -0.2) is 4.98 Å². The topological polar surface area (TPSA) is 81.2 Å². The van der Waals surface area contributed by atoms with Crippen LogP contribution in [-0.4, -0.2) is 47.4 Å². The van der Waals surface area contributed by atoms with Crippen LogP contribution < -0.4 is 15.8 Å². The third kappa shape index (κ3) is 3.01. The van der Waals surface area contributed by atoms with Crippen LogP contribution in [-0.2, 0) is 0 Å². The first kappa shape index (κ1) is 13.3. The van der Waals surface area contributed by atoms with Crippen LogP contribution in [0, 0.1) is 0 Å². The fourth-order valence-electron chi connectivity index (χ4n) is 2.18. The maximum atomic E-state index is 11.5. The average molecular weight is 273 g/mol. The summed E-state index contributed by atoms with van der Waals surface area (Å²) >= 11 is 5.96. The maximum Gasteiger partial charge on any atom is 0.271 e. The zero-order valence-electron chi connectivity index (χ0n) is 10.0. The molecule has 1 aromatic heterocycles. The van der Waals surface area contributed by atoms with Gasteiger partial charge in [0, 0.05) is 19.1 Å². The van der Waals surface area contributed by atoms with Crippen LogP contribution in [0.25, 0.3) is 0 Å². The van der Waals surface area contributed by atoms with Crippen molar-refractivity contribution in [2.75, 3.05) is 31.1 Å². The summed E-state index contributed by atoms with van der Waals surface area (Å²) < 4.78 is 0. The number of nitrogens with zero attached hydrogens (tertiary/aromatic N) is 2. The molecule has 1 unspecified atom stereocenters. The number of hydrogen-bond acceptors (Lipinski definition) is 5. The molecule has 1 saturated heterocycles. The molecule has 0 bridgehead atoms. The molecule has 0 aliphatic carbocycles. The highest BCUT2D eigenvalue weighted by atomic mass is 35.5. The predicted molar refractivity (Wildman–Crippen MR) is 70.2 cm³/mol. The third-order valence-electron chi connectivity index (χ3n) is 3.05. The van der Waals surface area contributed by atoms with Crippen molar-refractivity contribution in [3.8, 4) is 0 Å². The highest BCUT2D eigenvalue weighted by molar-refractivity contribution is 6.32. The number of hydrogen-bond donors (Lipinski definition) is 3. The van der Waals surface area contributed by atoms with Crippen LogP contribution in [0.3, 0.4) is 0 Å². The number of H-pyrrole nitrogens is 1. The minimum atomic E-state index is -0.357. The van der Waals surface area contributed by atoms with E-state index in [4.69, 9.17) is 16.7 Å². The lowest BCUT2D eigenvalue weighted by atomic mass is 10.2. The Morgan fingerprint density at radius 1 is 1.61 bits per heavy atom. The van der Waals surface area contributed by atoms with Crippen molar-refractivity contribution in [1.82, 2.24) is 15.3 Å². The van der Waals surface area contributed by atoms with Gasteiger partial charge < -0.3 is 20.3 Å². The summed E-state index contributed by atoms with van der Waals surface area (Å²) in [6, 6.07) is 0.355. The molecule has 1 atom stereocenters. The summed E-state index contributed by atoms with van der Waals surface area (Å²) in [5.74, 6) is 0.433. The van der Waals surface area contributed by atoms with Gasteiger partial charge in [-0.3, -0.25) is 4.79 Å². The third-order valence-corrected chi connectivity index (χ3v) is 3.39. The van der Waals surface area contributed by atoms with Gasteiger partial charge in [-0.05, 0) is 19.4 Å². The van der Waals surface area contributed by atoms with Crippen molar-refractivity contribution < 1.29 is 5.11 Å². The number of anilines is 1. The van der Waals surface area contributed by atoms with Crippen LogP contribution in [0.15, 0.2) is 11.1 Å². The average Bonchev–Trinajstić information content (AvgIpc) is 2.85. The first-order valence-electron chi connectivity index (χ1n) is 6.04. The molecular weight excluding hydrogens is 256 g/mol. The van der Waals surface area contributed by atoms with Gasteiger partial charge in [0.25, 0.3) is 5.56 Å². The Balaban J connectivity index is 2.17. The second kappa shape index (κ2) is 6.17. The summed E-state index contributed by atoms with van der Waals surface area (Å²) in [7, 11) is 0. The number of aliphatic hydroxyl groups is 1. The molecule has 0 radical (unpaired) electrons. The molecule has 18 heavy (non-hydrogen) atoms. The highest BCUT2D eigenvalue weighted by Gasteiger charge is 2.21. The molecule has 0 spiro atoms. The number of aliphatic hydroxyl groups excluding tert-OH is 1. The van der Waals surface area contributed by atoms with Crippen molar-refractivity contribution in [3.63, 3.8) is 0 Å². The van der Waals surface area contributed by atoms with Crippen molar-refractivity contribution in [2.24, 2.45) is 0 Å². The van der Waals surface area contributed by atoms with Crippen molar-refractivity contribution in [2.45, 2.75) is 18.9 Å². The van der Waals surface area contributed by atoms with Gasteiger partial charge in [0.1, 0.15) is 5.02 Å². The van der Waals surface area contributed by atoms with Crippen LogP contribution >= 0.6 is 11.6 Å². The Morgan fingerprint density at radius 3 is 3.11 bits per heavy atom. The smallest absolute Gasteiger partial charge is 0.271 e. The normalized spacial score (nSPS) is 19.1. The molecule has 1 aliphatic rings. The van der Waals surface area contributed by atoms with Crippen molar-refractivity contribution in [1.29, 1.82) is 0 Å². The Hall–Kier alpha value is -1.11. The highest BCUT2D eigenvalue weighted by Crippen LogP contribution is 2.19. The molecule has 3 N–H and O–H groups in total. The Morgan fingerprint density at radius 2 is 2.44 bits per heavy atom. The van der Waals surface area contributed by atoms with E-state index in [0.717, 1.165) is 19.4 Å². The lowest BCUT2D eigenvalue weighted by Gasteiger charge is -2.26. The van der Waals surface area contributed by atoms with Gasteiger partial charge in [0.2, 0.25) is 0 Å². The monoisotopic (exact) mass is 272 g/mol. The Bertz CT molecular complexity index is 445. The molecule has 6 nitrogen and oxygen atoms in total. The molecule has 1 fully saturated rings. The molecule has 0 aromatic carbocycles. The minimum absolute atomic E-state index is 0.00245. The molecular formula is C11H17ClN4O2. The predicted octanol–water partition coefficient (Wildman–Crippen LogP) is -0.0260. The van der Waals surface area contributed by atoms with E-state index in [-0.39, 0.29) is 17.2 Å². The Labute approximate surface area is 110 Å². The Kier molecular flexibility index (Phi) is 4.57. The number of rotatable bonds is 5. The standard InChI is InChI=1S/C11H17ClN4O2/c12-9-10(14-7-15-11(9)18)16(4-5-17)6-8-2-1-3-13-8/h7-8,13,17H,1-6H2,(H,14,15,18). The number of aromatic nitrogens is 2. The minimum Gasteiger partial charge on any atom is -0.395 e. The van der Waals surface area contributed by atoms with E-state index >= 15 is 0 Å². The summed E-state index contributed by atoms with van der Waals surface area (Å²) in [5, 5.41) is 12.6. The van der Waals surface area contributed by atoms with Crippen LogP contribution in [0.5, 0.6) is 0 Å². The lowest BCUT2D eigenvalue weighted by molar-refractivity contribution is 0.300. The van der Waals surface area contributed by atoms with E-state index < -0.39 is 0 Å². The molecule has 1 aromatic rings. The molecule has 2 rings (SSSR count). The first-order valence-corrected chi connectivity index (χ1v) is 6.42. The summed E-state index contributed by atoms with van der Waals surface area (Å²) in [5.41, 5.74) is -0.357. The second-order valence-electron chi connectivity index (χ2n) is 4.33. The molecule has 1 aliphatic heterocycles. The van der Waals surface area contributed by atoms with E-state index in [9.17, 15) is 4.79 Å². The first-order chi connectivity index (χ1) is 8.72. The van der Waals surface area contributed by atoms with Crippen molar-refractivity contribution in [3.05, 3.63) is 21.7 Å². The van der Waals surface area contributed by atoms with Gasteiger partial charge in [0.05, 0.1) is 12.9 Å². The molecule has 100 valence electrons. The fourth-order valence-corrected chi connectivity index (χ4v) is 2.40. The molecule has 2 heterocycles. The lowest BCUT2D eigenvalue weighted by Crippen LogP contribution is -2.40. The van der Waals surface area contributed by atoms with E-state index in [1.807, 2.05) is 4.90 Å². The van der Waals surface area contributed by atoms with E-state index in [0.29, 0.717) is 24.9 Å². The van der Waals surface area contributed by atoms with Gasteiger partial charge in [-0.1, -0.05) is 11.6 Å². The number of aromatic amines is 1. The second-order valence-corrected chi connectivity index (χ2v) is 4.71. The van der Waals surface area contributed by atoms with Gasteiger partial charge in [-0.2, -0.15) is 0 Å². The number of halogens is 1. The van der Waals surface area contributed by atoms with Gasteiger partial charge in [-0.15, -0.1) is 0 Å². The zero-order chi connectivity index (χ0) is 13.0. The fraction of sp³-hybridized carbons (Fsp3) is 0.636. The van der Waals surface area contributed by atoms with Gasteiger partial charge >= 0.3 is 0 Å². The zero-order valence-corrected chi connectivity index (χ0v) is 10.8. The quantitative estimate of drug-likeness (QED) is 0.702. The van der Waals surface area contributed by atoms with Crippen LogP contribution in [0.2, 0.25) is 5.02 Å². The largest absolute Gasteiger partial charge is 0.395 e. The van der Waals surface area contributed by atoms with Gasteiger partial charge in [0.15, 0.2) is 5.82 Å². The summed E-state index contributed by atoms with van der Waals surface area (Å²) in [6.07, 6.45) is 3.56. The van der Waals surface area contributed by atoms with E-state index in [1.165, 1.54) is 6.33 Å². The SMILES string of the molecule is O=c1[nH]cnc(N(CCO)CC2CCCN2)c1Cl.